The van der Waals surface area contributed by atoms with Gasteiger partial charge in [0.25, 0.3) is 0 Å². The van der Waals surface area contributed by atoms with E-state index in [0.29, 0.717) is 16.1 Å². The molecule has 0 heterocycles. The predicted molar refractivity (Wildman–Crippen MR) is 61.3 cm³/mol. The molecule has 0 aromatic heterocycles. The number of carbonyl (C=O) groups is 1. The van der Waals surface area contributed by atoms with Gasteiger partial charge < -0.3 is 4.74 Å². The zero-order valence-electron chi connectivity index (χ0n) is 9.21. The summed E-state index contributed by atoms with van der Waals surface area (Å²) in [6.45, 7) is 1.95. The van der Waals surface area contributed by atoms with E-state index < -0.39 is 0 Å². The fourth-order valence-electron chi connectivity index (χ4n) is 1.43. The molecular formula is C12H12ClNO2. The third-order valence-electron chi connectivity index (χ3n) is 2.34. The first-order valence-electron chi connectivity index (χ1n) is 4.90. The minimum absolute atomic E-state index is 0.133. The number of hydrogen-bond donors (Lipinski definition) is 0. The molecule has 0 radical (unpaired) electrons. The summed E-state index contributed by atoms with van der Waals surface area (Å²) in [7, 11) is 1.33. The van der Waals surface area contributed by atoms with E-state index in [2.05, 4.69) is 10.8 Å². The maximum Gasteiger partial charge on any atom is 0.310 e. The van der Waals surface area contributed by atoms with Crippen molar-refractivity contribution in [2.24, 2.45) is 0 Å². The smallest absolute Gasteiger partial charge is 0.310 e. The standard InChI is InChI=1S/C12H12ClNO2/c1-3-8-4-9(6-12(15)16-2)11(13)5-10(8)7-14/h4-5H,3,6H2,1-2H3. The van der Waals surface area contributed by atoms with Gasteiger partial charge in [0.1, 0.15) is 0 Å². The largest absolute Gasteiger partial charge is 0.469 e. The molecule has 3 nitrogen and oxygen atoms in total. The Bertz CT molecular complexity index is 449. The molecule has 0 saturated heterocycles. The van der Waals surface area contributed by atoms with Crippen molar-refractivity contribution in [3.8, 4) is 6.07 Å². The first-order valence-corrected chi connectivity index (χ1v) is 5.28. The number of aryl methyl sites for hydroxylation is 1. The monoisotopic (exact) mass is 237 g/mol. The quantitative estimate of drug-likeness (QED) is 0.759. The van der Waals surface area contributed by atoms with Gasteiger partial charge in [-0.1, -0.05) is 24.6 Å². The Morgan fingerprint density at radius 3 is 2.69 bits per heavy atom. The molecular weight excluding hydrogens is 226 g/mol. The van der Waals surface area contributed by atoms with Crippen molar-refractivity contribution in [2.45, 2.75) is 19.8 Å². The van der Waals surface area contributed by atoms with E-state index in [1.807, 2.05) is 6.92 Å². The number of nitriles is 1. The van der Waals surface area contributed by atoms with Crippen LogP contribution in [0.5, 0.6) is 0 Å². The van der Waals surface area contributed by atoms with Crippen LogP contribution >= 0.6 is 11.6 Å². The van der Waals surface area contributed by atoms with Crippen LogP contribution in [0.1, 0.15) is 23.6 Å². The number of halogens is 1. The third-order valence-corrected chi connectivity index (χ3v) is 2.69. The molecule has 1 aromatic rings. The van der Waals surface area contributed by atoms with Gasteiger partial charge in [-0.3, -0.25) is 4.79 Å². The Morgan fingerprint density at radius 1 is 1.50 bits per heavy atom. The molecule has 1 aromatic carbocycles. The average Bonchev–Trinajstić information content (AvgIpc) is 2.30. The Balaban J connectivity index is 3.12. The Kier molecular flexibility index (Phi) is 4.33. The van der Waals surface area contributed by atoms with Crippen LogP contribution < -0.4 is 0 Å². The molecule has 0 aliphatic carbocycles. The van der Waals surface area contributed by atoms with Crippen molar-refractivity contribution in [2.75, 3.05) is 7.11 Å². The van der Waals surface area contributed by atoms with Crippen molar-refractivity contribution in [1.29, 1.82) is 5.26 Å². The highest BCUT2D eigenvalue weighted by Crippen LogP contribution is 2.22. The lowest BCUT2D eigenvalue weighted by Crippen LogP contribution is -2.06. The third kappa shape index (κ3) is 2.74. The van der Waals surface area contributed by atoms with Gasteiger partial charge in [-0.25, -0.2) is 0 Å². The van der Waals surface area contributed by atoms with E-state index in [0.717, 1.165) is 12.0 Å². The van der Waals surface area contributed by atoms with E-state index in [9.17, 15) is 4.79 Å². The molecule has 1 rings (SSSR count). The molecule has 0 atom stereocenters. The van der Waals surface area contributed by atoms with Crippen molar-refractivity contribution >= 4 is 17.6 Å². The molecule has 0 aliphatic rings. The number of benzene rings is 1. The number of methoxy groups -OCH3 is 1. The molecule has 0 amide bonds. The summed E-state index contributed by atoms with van der Waals surface area (Å²) >= 11 is 5.98. The van der Waals surface area contributed by atoms with Crippen molar-refractivity contribution in [3.63, 3.8) is 0 Å². The van der Waals surface area contributed by atoms with E-state index >= 15 is 0 Å². The summed E-state index contributed by atoms with van der Waals surface area (Å²) in [6, 6.07) is 5.47. The summed E-state index contributed by atoms with van der Waals surface area (Å²) in [4.78, 5) is 11.1. The first kappa shape index (κ1) is 12.5. The zero-order valence-corrected chi connectivity index (χ0v) is 9.97. The second-order valence-electron chi connectivity index (χ2n) is 3.32. The first-order chi connectivity index (χ1) is 7.62. The number of carbonyl (C=O) groups excluding carboxylic acids is 1. The lowest BCUT2D eigenvalue weighted by atomic mass is 10.0. The Hall–Kier alpha value is -1.53. The highest BCUT2D eigenvalue weighted by Gasteiger charge is 2.11. The Labute approximate surface area is 99.6 Å². The predicted octanol–water partition coefficient (Wildman–Crippen LogP) is 2.49. The van der Waals surface area contributed by atoms with Gasteiger partial charge in [0.2, 0.25) is 0 Å². The molecule has 0 unspecified atom stereocenters. The van der Waals surface area contributed by atoms with Crippen LogP contribution in [0.25, 0.3) is 0 Å². The number of rotatable bonds is 3. The van der Waals surface area contributed by atoms with E-state index in [4.69, 9.17) is 16.9 Å². The molecule has 0 N–H and O–H groups in total. The van der Waals surface area contributed by atoms with Gasteiger partial charge in [0.05, 0.1) is 25.2 Å². The summed E-state index contributed by atoms with van der Waals surface area (Å²) in [5.74, 6) is -0.339. The van der Waals surface area contributed by atoms with Gasteiger partial charge in [-0.15, -0.1) is 0 Å². The van der Waals surface area contributed by atoms with Crippen LogP contribution in [0.15, 0.2) is 12.1 Å². The number of esters is 1. The zero-order chi connectivity index (χ0) is 12.1. The van der Waals surface area contributed by atoms with Crippen molar-refractivity contribution < 1.29 is 9.53 Å². The van der Waals surface area contributed by atoms with E-state index in [1.165, 1.54) is 7.11 Å². The van der Waals surface area contributed by atoms with Gasteiger partial charge >= 0.3 is 5.97 Å². The second kappa shape index (κ2) is 5.53. The highest BCUT2D eigenvalue weighted by molar-refractivity contribution is 6.31. The fourth-order valence-corrected chi connectivity index (χ4v) is 1.66. The van der Waals surface area contributed by atoms with Gasteiger partial charge in [0.15, 0.2) is 0 Å². The minimum Gasteiger partial charge on any atom is -0.469 e. The number of hydrogen-bond acceptors (Lipinski definition) is 3. The van der Waals surface area contributed by atoms with Gasteiger partial charge in [0, 0.05) is 5.02 Å². The number of nitrogens with zero attached hydrogens (tertiary/aromatic N) is 1. The normalized spacial score (nSPS) is 9.62. The van der Waals surface area contributed by atoms with Gasteiger partial charge in [-0.2, -0.15) is 5.26 Å². The summed E-state index contributed by atoms with van der Waals surface area (Å²) in [6.07, 6.45) is 0.863. The van der Waals surface area contributed by atoms with Crippen molar-refractivity contribution in [1.82, 2.24) is 0 Å². The minimum atomic E-state index is -0.339. The van der Waals surface area contributed by atoms with Crippen LogP contribution in [-0.4, -0.2) is 13.1 Å². The van der Waals surface area contributed by atoms with Crippen LogP contribution in [-0.2, 0) is 22.4 Å². The molecule has 4 heteroatoms. The summed E-state index contributed by atoms with van der Waals surface area (Å²) < 4.78 is 4.58. The summed E-state index contributed by atoms with van der Waals surface area (Å²) in [5.41, 5.74) is 2.15. The van der Waals surface area contributed by atoms with Crippen LogP contribution in [0, 0.1) is 11.3 Å². The van der Waals surface area contributed by atoms with Crippen LogP contribution in [0.3, 0.4) is 0 Å². The van der Waals surface area contributed by atoms with Crippen molar-refractivity contribution in [3.05, 3.63) is 33.8 Å². The molecule has 0 bridgehead atoms. The highest BCUT2D eigenvalue weighted by atomic mass is 35.5. The summed E-state index contributed by atoms with van der Waals surface area (Å²) in [5, 5.41) is 9.32. The van der Waals surface area contributed by atoms with Crippen LogP contribution in [0.4, 0.5) is 0 Å². The second-order valence-corrected chi connectivity index (χ2v) is 3.73. The average molecular weight is 238 g/mol. The lowest BCUT2D eigenvalue weighted by molar-refractivity contribution is -0.139. The van der Waals surface area contributed by atoms with E-state index in [-0.39, 0.29) is 12.4 Å². The lowest BCUT2D eigenvalue weighted by Gasteiger charge is -2.07. The Morgan fingerprint density at radius 2 is 2.19 bits per heavy atom. The maximum atomic E-state index is 11.1. The van der Waals surface area contributed by atoms with E-state index in [1.54, 1.807) is 12.1 Å². The number of ether oxygens (including phenoxy) is 1. The topological polar surface area (TPSA) is 50.1 Å². The maximum absolute atomic E-state index is 11.1. The molecule has 84 valence electrons. The molecule has 0 spiro atoms. The molecule has 16 heavy (non-hydrogen) atoms. The molecule has 0 saturated carbocycles. The SMILES string of the molecule is CCc1cc(CC(=O)OC)c(Cl)cc1C#N. The molecule has 0 fully saturated rings. The van der Waals surface area contributed by atoms with Gasteiger partial charge in [-0.05, 0) is 23.6 Å². The molecule has 0 aliphatic heterocycles. The fraction of sp³-hybridized carbons (Fsp3) is 0.333. The van der Waals surface area contributed by atoms with Crippen LogP contribution in [0.2, 0.25) is 5.02 Å².